The molecule has 0 heterocycles. The lowest BCUT2D eigenvalue weighted by Gasteiger charge is -2.60. The van der Waals surface area contributed by atoms with Gasteiger partial charge in [0, 0.05) is 26.1 Å². The van der Waals surface area contributed by atoms with Crippen LogP contribution in [0.15, 0.2) is 10.2 Å². The van der Waals surface area contributed by atoms with Crippen LogP contribution in [0.5, 0.6) is 0 Å². The highest BCUT2D eigenvalue weighted by Gasteiger charge is 2.64. The number of hydrogen-bond donors (Lipinski definition) is 2. The number of aliphatic hydroxyl groups is 2. The predicted molar refractivity (Wildman–Crippen MR) is 91.2 cm³/mol. The van der Waals surface area contributed by atoms with E-state index in [4.69, 9.17) is 11.6 Å². The fourth-order valence-corrected chi connectivity index (χ4v) is 5.57. The van der Waals surface area contributed by atoms with Gasteiger partial charge in [0.1, 0.15) is 0 Å². The van der Waals surface area contributed by atoms with Crippen molar-refractivity contribution in [1.29, 1.82) is 0 Å². The zero-order chi connectivity index (χ0) is 16.4. The van der Waals surface area contributed by atoms with Gasteiger partial charge < -0.3 is 10.2 Å². The van der Waals surface area contributed by atoms with Crippen molar-refractivity contribution in [3.63, 3.8) is 0 Å². The van der Waals surface area contributed by atoms with Crippen molar-refractivity contribution >= 4 is 49.2 Å². The summed E-state index contributed by atoms with van der Waals surface area (Å²) >= 11 is 13.5. The number of halogens is 3. The Morgan fingerprint density at radius 1 is 1.29 bits per heavy atom. The Morgan fingerprint density at radius 2 is 1.81 bits per heavy atom. The third-order valence-electron chi connectivity index (χ3n) is 5.68. The second kappa shape index (κ2) is 5.22. The summed E-state index contributed by atoms with van der Waals surface area (Å²) in [5, 5.41) is 21.0. The van der Waals surface area contributed by atoms with Crippen molar-refractivity contribution in [3.05, 3.63) is 10.2 Å². The lowest BCUT2D eigenvalue weighted by atomic mass is 9.48. The molecule has 1 spiro atoms. The lowest BCUT2D eigenvalue weighted by molar-refractivity contribution is -0.151. The Bertz CT molecular complexity index is 515. The third-order valence-corrected chi connectivity index (χ3v) is 9.06. The molecule has 0 saturated heterocycles. The second-order valence-corrected chi connectivity index (χ2v) is 9.85. The summed E-state index contributed by atoms with van der Waals surface area (Å²) in [5.74, 6) is -1.02. The minimum Gasteiger partial charge on any atom is -0.504 e. The summed E-state index contributed by atoms with van der Waals surface area (Å²) in [4.78, 5) is 11.8. The highest BCUT2D eigenvalue weighted by Crippen LogP contribution is 2.64. The van der Waals surface area contributed by atoms with Gasteiger partial charge in [-0.2, -0.15) is 0 Å². The van der Waals surface area contributed by atoms with Crippen molar-refractivity contribution in [2.45, 2.75) is 56.3 Å². The molecule has 1 fully saturated rings. The minimum absolute atomic E-state index is 0.0230. The molecule has 120 valence electrons. The molecule has 2 rings (SSSR count). The fraction of sp³-hybridized carbons (Fsp3) is 0.800. The van der Waals surface area contributed by atoms with Gasteiger partial charge in [-0.15, -0.1) is 11.6 Å². The van der Waals surface area contributed by atoms with Crippen molar-refractivity contribution in [1.82, 2.24) is 0 Å². The maximum atomic E-state index is 12.4. The van der Waals surface area contributed by atoms with Crippen LogP contribution in [0.4, 0.5) is 0 Å². The molecule has 0 amide bonds. The van der Waals surface area contributed by atoms with Gasteiger partial charge in [0.25, 0.3) is 0 Å². The smallest absolute Gasteiger partial charge is 0.201 e. The standard InChI is InChI=1S/C15H21Br2ClO3/c1-7-10(20)11(21)12(17)13(2,3)15(7)5-8(16)14(4,18)6-9(15)19/h7-9,19,21H,5-6H2,1-4H3/t7-,8+,9+,14+,15+/m0/s1. The number of rotatable bonds is 0. The molecule has 2 aliphatic rings. The summed E-state index contributed by atoms with van der Waals surface area (Å²) in [6.07, 6.45) is 0.242. The zero-order valence-corrected chi connectivity index (χ0v) is 16.5. The number of alkyl halides is 2. The van der Waals surface area contributed by atoms with E-state index in [1.54, 1.807) is 6.92 Å². The fourth-order valence-electron chi connectivity index (χ4n) is 4.06. The number of carbonyl (C=O) groups is 1. The van der Waals surface area contributed by atoms with Gasteiger partial charge >= 0.3 is 0 Å². The highest BCUT2D eigenvalue weighted by atomic mass is 79.9. The van der Waals surface area contributed by atoms with Gasteiger partial charge in [-0.1, -0.05) is 52.6 Å². The molecular weight excluding hydrogens is 423 g/mol. The number of hydrogen-bond acceptors (Lipinski definition) is 3. The maximum absolute atomic E-state index is 12.4. The van der Waals surface area contributed by atoms with Gasteiger partial charge in [0.05, 0.1) is 11.0 Å². The first-order chi connectivity index (χ1) is 9.39. The largest absolute Gasteiger partial charge is 0.504 e. The summed E-state index contributed by atoms with van der Waals surface area (Å²) < 4.78 is 0.468. The Balaban J connectivity index is 2.63. The molecule has 0 aromatic heterocycles. The summed E-state index contributed by atoms with van der Waals surface area (Å²) in [6.45, 7) is 7.60. The molecule has 0 bridgehead atoms. The van der Waals surface area contributed by atoms with E-state index in [0.29, 0.717) is 17.3 Å². The molecule has 21 heavy (non-hydrogen) atoms. The molecule has 3 nitrogen and oxygen atoms in total. The van der Waals surface area contributed by atoms with Crippen LogP contribution in [0.25, 0.3) is 0 Å². The third kappa shape index (κ3) is 2.26. The first kappa shape index (κ1) is 17.8. The van der Waals surface area contributed by atoms with Crippen molar-refractivity contribution in [3.8, 4) is 0 Å². The van der Waals surface area contributed by atoms with E-state index in [9.17, 15) is 15.0 Å². The van der Waals surface area contributed by atoms with Crippen LogP contribution in [0.3, 0.4) is 0 Å². The van der Waals surface area contributed by atoms with Crippen molar-refractivity contribution < 1.29 is 15.0 Å². The van der Waals surface area contributed by atoms with E-state index in [2.05, 4.69) is 31.9 Å². The molecule has 0 radical (unpaired) electrons. The van der Waals surface area contributed by atoms with Gasteiger partial charge in [0.15, 0.2) is 5.76 Å². The van der Waals surface area contributed by atoms with Gasteiger partial charge in [-0.25, -0.2) is 0 Å². The van der Waals surface area contributed by atoms with Crippen LogP contribution in [0.2, 0.25) is 0 Å². The van der Waals surface area contributed by atoms with Crippen LogP contribution < -0.4 is 0 Å². The summed E-state index contributed by atoms with van der Waals surface area (Å²) in [5.41, 5.74) is -1.24. The maximum Gasteiger partial charge on any atom is 0.201 e. The van der Waals surface area contributed by atoms with Crippen LogP contribution in [0.1, 0.15) is 40.5 Å². The Hall–Kier alpha value is 0.420. The number of ketones is 1. The van der Waals surface area contributed by atoms with E-state index >= 15 is 0 Å². The number of allylic oxidation sites excluding steroid dienone is 2. The molecule has 0 unspecified atom stereocenters. The number of Topliss-reactive ketones (excluding diaryl/α,β-unsaturated/α-hetero) is 1. The molecule has 2 aliphatic carbocycles. The Morgan fingerprint density at radius 3 is 2.33 bits per heavy atom. The number of aliphatic hydroxyl groups excluding tert-OH is 2. The van der Waals surface area contributed by atoms with Gasteiger partial charge in [-0.05, 0) is 19.8 Å². The molecule has 5 atom stereocenters. The predicted octanol–water partition coefficient (Wildman–Crippen LogP) is 4.30. The first-order valence-corrected chi connectivity index (χ1v) is 9.12. The molecule has 6 heteroatoms. The van der Waals surface area contributed by atoms with Crippen molar-refractivity contribution in [2.75, 3.05) is 0 Å². The normalized spacial score (nSPS) is 47.0. The van der Waals surface area contributed by atoms with E-state index in [-0.39, 0.29) is 16.4 Å². The SMILES string of the molecule is C[C@H]1C(=O)C(O)=C(Br)C(C)(C)[C@]12C[C@@H](Br)[C@](C)(Cl)C[C@H]2O. The molecule has 0 aromatic carbocycles. The average Bonchev–Trinajstić information content (AvgIpc) is 2.37. The number of carbonyl (C=O) groups excluding carboxylic acids is 1. The minimum atomic E-state index is -0.719. The lowest BCUT2D eigenvalue weighted by Crippen LogP contribution is -2.63. The molecule has 2 N–H and O–H groups in total. The van der Waals surface area contributed by atoms with Crippen LogP contribution in [-0.2, 0) is 4.79 Å². The highest BCUT2D eigenvalue weighted by molar-refractivity contribution is 9.11. The Labute approximate surface area is 147 Å². The summed E-state index contributed by atoms with van der Waals surface area (Å²) in [7, 11) is 0. The zero-order valence-electron chi connectivity index (χ0n) is 12.6. The van der Waals surface area contributed by atoms with E-state index in [0.717, 1.165) is 0 Å². The molecular formula is C15H21Br2ClO3. The first-order valence-electron chi connectivity index (χ1n) is 7.04. The molecule has 1 saturated carbocycles. The molecule has 0 aromatic rings. The quantitative estimate of drug-likeness (QED) is 0.548. The molecule has 0 aliphatic heterocycles. The van der Waals surface area contributed by atoms with Crippen LogP contribution in [-0.4, -0.2) is 31.8 Å². The second-order valence-electron chi connectivity index (χ2n) is 7.08. The van der Waals surface area contributed by atoms with E-state index in [1.165, 1.54) is 0 Å². The monoisotopic (exact) mass is 442 g/mol. The average molecular weight is 445 g/mol. The van der Waals surface area contributed by atoms with Gasteiger partial charge in [0.2, 0.25) is 5.78 Å². The van der Waals surface area contributed by atoms with E-state index in [1.807, 2.05) is 20.8 Å². The van der Waals surface area contributed by atoms with Crippen LogP contribution in [0, 0.1) is 16.7 Å². The van der Waals surface area contributed by atoms with Gasteiger partial charge in [-0.3, -0.25) is 4.79 Å². The topological polar surface area (TPSA) is 57.5 Å². The Kier molecular flexibility index (Phi) is 4.41. The van der Waals surface area contributed by atoms with E-state index < -0.39 is 27.7 Å². The van der Waals surface area contributed by atoms with Crippen molar-refractivity contribution in [2.24, 2.45) is 16.7 Å². The summed E-state index contributed by atoms with van der Waals surface area (Å²) in [6, 6.07) is 0. The van der Waals surface area contributed by atoms with Crippen LogP contribution >= 0.6 is 43.5 Å².